The number of nitrogens with one attached hydrogen (secondary N) is 1. The SMILES string of the molecule is CNc1cc([N+](=O)[O-])ccc1S(=O)(=O)N1CCC(C)(C)C1. The number of nitro benzene ring substituents is 1. The molecule has 0 atom stereocenters. The molecule has 21 heavy (non-hydrogen) atoms. The van der Waals surface area contributed by atoms with Gasteiger partial charge in [0.1, 0.15) is 4.90 Å². The molecular formula is C13H19N3O4S. The molecule has 8 heteroatoms. The van der Waals surface area contributed by atoms with E-state index in [1.54, 1.807) is 7.05 Å². The quantitative estimate of drug-likeness (QED) is 0.678. The van der Waals surface area contributed by atoms with Gasteiger partial charge >= 0.3 is 0 Å². The molecule has 7 nitrogen and oxygen atoms in total. The molecule has 1 aliphatic rings. The van der Waals surface area contributed by atoms with E-state index in [-0.39, 0.29) is 21.7 Å². The highest BCUT2D eigenvalue weighted by atomic mass is 32.2. The van der Waals surface area contributed by atoms with Crippen molar-refractivity contribution in [2.45, 2.75) is 25.2 Å². The second kappa shape index (κ2) is 5.27. The molecule has 1 fully saturated rings. The van der Waals surface area contributed by atoms with Gasteiger partial charge in [-0.05, 0) is 17.9 Å². The summed E-state index contributed by atoms with van der Waals surface area (Å²) in [6.07, 6.45) is 0.800. The van der Waals surface area contributed by atoms with Crippen LogP contribution in [0.25, 0.3) is 0 Å². The number of hydrogen-bond acceptors (Lipinski definition) is 5. The molecule has 0 spiro atoms. The number of benzene rings is 1. The molecule has 0 unspecified atom stereocenters. The van der Waals surface area contributed by atoms with Crippen LogP contribution in [0.5, 0.6) is 0 Å². The number of nitrogens with zero attached hydrogens (tertiary/aromatic N) is 2. The zero-order valence-electron chi connectivity index (χ0n) is 12.3. The number of non-ortho nitro benzene ring substituents is 1. The van der Waals surface area contributed by atoms with Crippen molar-refractivity contribution < 1.29 is 13.3 Å². The zero-order chi connectivity index (χ0) is 15.8. The third-order valence-corrected chi connectivity index (χ3v) is 5.61. The van der Waals surface area contributed by atoms with E-state index in [1.165, 1.54) is 22.5 Å². The van der Waals surface area contributed by atoms with Crippen molar-refractivity contribution in [1.82, 2.24) is 4.31 Å². The predicted octanol–water partition coefficient (Wildman–Crippen LogP) is 2.06. The average Bonchev–Trinajstić information content (AvgIpc) is 2.78. The average molecular weight is 313 g/mol. The van der Waals surface area contributed by atoms with E-state index in [4.69, 9.17) is 0 Å². The number of hydrogen-bond donors (Lipinski definition) is 1. The minimum absolute atomic E-state index is 0.0480. The molecule has 1 N–H and O–H groups in total. The molecule has 1 aromatic rings. The van der Waals surface area contributed by atoms with Gasteiger partial charge in [0.25, 0.3) is 5.69 Å². The van der Waals surface area contributed by atoms with E-state index in [0.29, 0.717) is 13.1 Å². The monoisotopic (exact) mass is 313 g/mol. The first-order valence-corrected chi connectivity index (χ1v) is 8.08. The minimum atomic E-state index is -3.65. The lowest BCUT2D eigenvalue weighted by atomic mass is 9.93. The Morgan fingerprint density at radius 2 is 2.05 bits per heavy atom. The normalized spacial score (nSPS) is 18.6. The van der Waals surface area contributed by atoms with Gasteiger partial charge in [0, 0.05) is 32.3 Å². The summed E-state index contributed by atoms with van der Waals surface area (Å²) < 4.78 is 26.8. The third kappa shape index (κ3) is 3.01. The lowest BCUT2D eigenvalue weighted by molar-refractivity contribution is -0.384. The van der Waals surface area contributed by atoms with Crippen LogP contribution in [0, 0.1) is 15.5 Å². The summed E-state index contributed by atoms with van der Waals surface area (Å²) in [5, 5.41) is 13.5. The largest absolute Gasteiger partial charge is 0.387 e. The fraction of sp³-hybridized carbons (Fsp3) is 0.538. The summed E-state index contributed by atoms with van der Waals surface area (Å²) in [6, 6.07) is 3.76. The summed E-state index contributed by atoms with van der Waals surface area (Å²) in [5.41, 5.74) is 0.0576. The second-order valence-corrected chi connectivity index (χ2v) is 7.85. The van der Waals surface area contributed by atoms with Gasteiger partial charge in [-0.2, -0.15) is 4.31 Å². The molecule has 1 aromatic carbocycles. The Hall–Kier alpha value is -1.67. The van der Waals surface area contributed by atoms with Crippen LogP contribution in [-0.2, 0) is 10.0 Å². The molecule has 116 valence electrons. The molecule has 0 bridgehead atoms. The van der Waals surface area contributed by atoms with Crippen molar-refractivity contribution in [2.75, 3.05) is 25.5 Å². The summed E-state index contributed by atoms with van der Waals surface area (Å²) in [5.74, 6) is 0. The Bertz CT molecular complexity index is 670. The van der Waals surface area contributed by atoms with E-state index in [2.05, 4.69) is 5.32 Å². The Morgan fingerprint density at radius 3 is 2.52 bits per heavy atom. The molecule has 0 amide bonds. The first kappa shape index (κ1) is 15.7. The Labute approximate surface area is 124 Å². The second-order valence-electron chi connectivity index (χ2n) is 5.94. The lowest BCUT2D eigenvalue weighted by Crippen LogP contribution is -2.30. The van der Waals surface area contributed by atoms with Gasteiger partial charge in [0.2, 0.25) is 10.0 Å². The van der Waals surface area contributed by atoms with Gasteiger partial charge in [0.05, 0.1) is 10.6 Å². The third-order valence-electron chi connectivity index (χ3n) is 3.70. The summed E-state index contributed by atoms with van der Waals surface area (Å²) in [6.45, 7) is 4.97. The number of rotatable bonds is 4. The van der Waals surface area contributed by atoms with Crippen molar-refractivity contribution >= 4 is 21.4 Å². The van der Waals surface area contributed by atoms with Crippen molar-refractivity contribution in [3.05, 3.63) is 28.3 Å². The molecule has 1 saturated heterocycles. The van der Waals surface area contributed by atoms with E-state index < -0.39 is 14.9 Å². The van der Waals surface area contributed by atoms with Crippen molar-refractivity contribution in [1.29, 1.82) is 0 Å². The van der Waals surface area contributed by atoms with Crippen LogP contribution in [0.1, 0.15) is 20.3 Å². The lowest BCUT2D eigenvalue weighted by Gasteiger charge is -2.21. The Kier molecular flexibility index (Phi) is 3.94. The highest BCUT2D eigenvalue weighted by Gasteiger charge is 2.37. The maximum Gasteiger partial charge on any atom is 0.271 e. The van der Waals surface area contributed by atoms with Crippen molar-refractivity contribution in [2.24, 2.45) is 5.41 Å². The summed E-state index contributed by atoms with van der Waals surface area (Å²) >= 11 is 0. The summed E-state index contributed by atoms with van der Waals surface area (Å²) in [7, 11) is -2.10. The number of nitro groups is 1. The van der Waals surface area contributed by atoms with Crippen LogP contribution < -0.4 is 5.32 Å². The van der Waals surface area contributed by atoms with Crippen molar-refractivity contribution in [3.8, 4) is 0 Å². The Morgan fingerprint density at radius 1 is 1.38 bits per heavy atom. The fourth-order valence-electron chi connectivity index (χ4n) is 2.46. The first-order valence-electron chi connectivity index (χ1n) is 6.64. The number of anilines is 1. The van der Waals surface area contributed by atoms with Crippen LogP contribution in [-0.4, -0.2) is 37.8 Å². The van der Waals surface area contributed by atoms with Gasteiger partial charge in [-0.15, -0.1) is 0 Å². The van der Waals surface area contributed by atoms with Gasteiger partial charge in [-0.3, -0.25) is 10.1 Å². The molecule has 0 aliphatic carbocycles. The van der Waals surface area contributed by atoms with Gasteiger partial charge in [0.15, 0.2) is 0 Å². The minimum Gasteiger partial charge on any atom is -0.387 e. The van der Waals surface area contributed by atoms with Crippen LogP contribution in [0.15, 0.2) is 23.1 Å². The predicted molar refractivity (Wildman–Crippen MR) is 79.8 cm³/mol. The first-order chi connectivity index (χ1) is 9.67. The van der Waals surface area contributed by atoms with Gasteiger partial charge in [-0.1, -0.05) is 13.8 Å². The summed E-state index contributed by atoms with van der Waals surface area (Å²) in [4.78, 5) is 10.3. The fourth-order valence-corrected chi connectivity index (χ4v) is 4.27. The van der Waals surface area contributed by atoms with E-state index in [9.17, 15) is 18.5 Å². The standard InChI is InChI=1S/C13H19N3O4S/c1-13(2)6-7-15(9-13)21(19,20)12-5-4-10(16(17)18)8-11(12)14-3/h4-5,8,14H,6-7,9H2,1-3H3. The van der Waals surface area contributed by atoms with Crippen LogP contribution >= 0.6 is 0 Å². The molecular weight excluding hydrogens is 294 g/mol. The van der Waals surface area contributed by atoms with Crippen LogP contribution in [0.3, 0.4) is 0 Å². The topological polar surface area (TPSA) is 92.5 Å². The van der Waals surface area contributed by atoms with E-state index in [0.717, 1.165) is 6.42 Å². The zero-order valence-corrected chi connectivity index (χ0v) is 13.1. The molecule has 0 aromatic heterocycles. The van der Waals surface area contributed by atoms with Gasteiger partial charge in [-0.25, -0.2) is 8.42 Å². The maximum atomic E-state index is 12.7. The molecule has 0 radical (unpaired) electrons. The molecule has 1 heterocycles. The smallest absolute Gasteiger partial charge is 0.271 e. The van der Waals surface area contributed by atoms with E-state index >= 15 is 0 Å². The van der Waals surface area contributed by atoms with Crippen LogP contribution in [0.4, 0.5) is 11.4 Å². The van der Waals surface area contributed by atoms with Crippen LogP contribution in [0.2, 0.25) is 0 Å². The maximum absolute atomic E-state index is 12.7. The van der Waals surface area contributed by atoms with Crippen molar-refractivity contribution in [3.63, 3.8) is 0 Å². The Balaban J connectivity index is 2.43. The highest BCUT2D eigenvalue weighted by Crippen LogP contribution is 2.35. The van der Waals surface area contributed by atoms with Gasteiger partial charge < -0.3 is 5.32 Å². The number of sulfonamides is 1. The molecule has 0 saturated carbocycles. The van der Waals surface area contributed by atoms with E-state index in [1.807, 2.05) is 13.8 Å². The molecule has 2 rings (SSSR count). The highest BCUT2D eigenvalue weighted by molar-refractivity contribution is 7.89. The molecule has 1 aliphatic heterocycles.